The first-order valence-electron chi connectivity index (χ1n) is 16.2. The minimum Gasteiger partial charge on any atom is -0.444 e. The van der Waals surface area contributed by atoms with Crippen molar-refractivity contribution in [1.82, 2.24) is 29.3 Å². The van der Waals surface area contributed by atoms with E-state index >= 15 is 0 Å². The molecule has 6 heterocycles. The molecule has 3 saturated heterocycles. The number of pyridine rings is 1. The fourth-order valence-electron chi connectivity index (χ4n) is 7.68. The maximum absolute atomic E-state index is 13.1. The number of rotatable bonds is 5. The van der Waals surface area contributed by atoms with Crippen LogP contribution in [-0.2, 0) is 9.47 Å². The normalized spacial score (nSPS) is 24.6. The Labute approximate surface area is 268 Å². The molecular formula is C33H42N8O5. The molecule has 1 N–H and O–H groups in total. The Morgan fingerprint density at radius 3 is 2.37 bits per heavy atom. The molecule has 1 spiro atoms. The van der Waals surface area contributed by atoms with E-state index < -0.39 is 17.3 Å². The quantitative estimate of drug-likeness (QED) is 0.380. The van der Waals surface area contributed by atoms with Crippen molar-refractivity contribution in [2.24, 2.45) is 0 Å². The maximum Gasteiger partial charge on any atom is 0.415 e. The highest BCUT2D eigenvalue weighted by Crippen LogP contribution is 2.46. The first-order valence-corrected chi connectivity index (χ1v) is 16.2. The summed E-state index contributed by atoms with van der Waals surface area (Å²) in [5.74, 6) is 0.846. The molecule has 0 radical (unpaired) electrons. The number of nitrogens with one attached hydrogen (secondary N) is 1. The van der Waals surface area contributed by atoms with Gasteiger partial charge < -0.3 is 29.2 Å². The summed E-state index contributed by atoms with van der Waals surface area (Å²) in [6.45, 7) is 6.02. The molecule has 1 aliphatic carbocycles. The number of piperidine rings is 1. The first-order chi connectivity index (χ1) is 21.9. The molecule has 3 aliphatic heterocycles. The molecule has 7 rings (SSSR count). The highest BCUT2D eigenvalue weighted by Gasteiger charge is 2.57. The molecule has 0 unspecified atom stereocenters. The minimum atomic E-state index is -0.650. The van der Waals surface area contributed by atoms with E-state index in [0.29, 0.717) is 42.5 Å². The lowest BCUT2D eigenvalue weighted by atomic mass is 9.86. The third-order valence-corrected chi connectivity index (χ3v) is 9.60. The molecule has 13 nitrogen and oxygen atoms in total. The van der Waals surface area contributed by atoms with Gasteiger partial charge in [-0.3, -0.25) is 9.69 Å². The van der Waals surface area contributed by atoms with Crippen LogP contribution >= 0.6 is 0 Å². The average Bonchev–Trinajstić information content (AvgIpc) is 3.77. The lowest BCUT2D eigenvalue weighted by Crippen LogP contribution is -2.55. The van der Waals surface area contributed by atoms with Gasteiger partial charge in [0.05, 0.1) is 18.4 Å². The van der Waals surface area contributed by atoms with E-state index in [-0.39, 0.29) is 30.1 Å². The van der Waals surface area contributed by atoms with Crippen molar-refractivity contribution in [3.8, 4) is 0 Å². The Hall–Kier alpha value is -4.42. The van der Waals surface area contributed by atoms with E-state index in [0.717, 1.165) is 49.6 Å². The van der Waals surface area contributed by atoms with Crippen molar-refractivity contribution >= 4 is 46.6 Å². The smallest absolute Gasteiger partial charge is 0.415 e. The first kappa shape index (κ1) is 30.2. The second-order valence-corrected chi connectivity index (χ2v) is 14.4. The number of carbonyl (C=O) groups is 3. The molecule has 0 aromatic carbocycles. The van der Waals surface area contributed by atoms with Crippen LogP contribution in [0.25, 0.3) is 11.0 Å². The fraction of sp³-hybridized carbons (Fsp3) is 0.576. The molecule has 13 heteroatoms. The van der Waals surface area contributed by atoms with Crippen molar-refractivity contribution in [3.05, 3.63) is 36.3 Å². The van der Waals surface area contributed by atoms with Crippen LogP contribution in [0.2, 0.25) is 0 Å². The molecule has 2 bridgehead atoms. The number of amides is 3. The average molecular weight is 631 g/mol. The van der Waals surface area contributed by atoms with Crippen molar-refractivity contribution in [3.63, 3.8) is 0 Å². The van der Waals surface area contributed by atoms with Gasteiger partial charge in [-0.2, -0.15) is 4.98 Å². The zero-order valence-electron chi connectivity index (χ0n) is 27.2. The molecule has 3 amide bonds. The topological polar surface area (TPSA) is 135 Å². The van der Waals surface area contributed by atoms with E-state index in [2.05, 4.69) is 19.9 Å². The van der Waals surface area contributed by atoms with Crippen molar-refractivity contribution in [2.45, 2.75) is 101 Å². The summed E-state index contributed by atoms with van der Waals surface area (Å²) >= 11 is 0. The van der Waals surface area contributed by atoms with E-state index in [1.165, 1.54) is 0 Å². The van der Waals surface area contributed by atoms with Gasteiger partial charge in [-0.15, -0.1) is 0 Å². The van der Waals surface area contributed by atoms with Gasteiger partial charge in [0.25, 0.3) is 5.91 Å². The van der Waals surface area contributed by atoms with Crippen LogP contribution in [0.3, 0.4) is 0 Å². The van der Waals surface area contributed by atoms with E-state index in [1.54, 1.807) is 42.4 Å². The van der Waals surface area contributed by atoms with Crippen molar-refractivity contribution in [1.29, 1.82) is 0 Å². The predicted molar refractivity (Wildman–Crippen MR) is 171 cm³/mol. The number of hydrogen-bond donors (Lipinski definition) is 1. The van der Waals surface area contributed by atoms with Crippen molar-refractivity contribution in [2.75, 3.05) is 30.9 Å². The van der Waals surface area contributed by atoms with Crippen LogP contribution in [0.1, 0.15) is 88.7 Å². The zero-order chi connectivity index (χ0) is 32.4. The van der Waals surface area contributed by atoms with Gasteiger partial charge in [0.2, 0.25) is 5.95 Å². The highest BCUT2D eigenvalue weighted by molar-refractivity contribution is 5.98. The molecule has 3 aromatic rings. The number of carbonyl (C=O) groups excluding carboxylic acids is 3. The zero-order valence-corrected chi connectivity index (χ0v) is 27.2. The number of ether oxygens (including phenoxy) is 2. The lowest BCUT2D eigenvalue weighted by Gasteiger charge is -2.43. The molecule has 3 atom stereocenters. The van der Waals surface area contributed by atoms with Gasteiger partial charge in [0.1, 0.15) is 28.4 Å². The third-order valence-electron chi connectivity index (χ3n) is 9.60. The van der Waals surface area contributed by atoms with Gasteiger partial charge in [0, 0.05) is 56.6 Å². The predicted octanol–water partition coefficient (Wildman–Crippen LogP) is 5.64. The van der Waals surface area contributed by atoms with Crippen LogP contribution < -0.4 is 10.2 Å². The Morgan fingerprint density at radius 2 is 1.74 bits per heavy atom. The second-order valence-electron chi connectivity index (χ2n) is 14.4. The Balaban J connectivity index is 1.06. The molecule has 4 aliphatic rings. The van der Waals surface area contributed by atoms with E-state index in [1.807, 2.05) is 37.8 Å². The van der Waals surface area contributed by atoms with Gasteiger partial charge >= 0.3 is 12.2 Å². The molecule has 4 fully saturated rings. The van der Waals surface area contributed by atoms with Crippen LogP contribution in [-0.4, -0.2) is 91.3 Å². The van der Waals surface area contributed by atoms with Gasteiger partial charge in [0.15, 0.2) is 0 Å². The van der Waals surface area contributed by atoms with Gasteiger partial charge in [-0.05, 0) is 64.7 Å². The van der Waals surface area contributed by atoms with E-state index in [4.69, 9.17) is 14.5 Å². The molecular weight excluding hydrogens is 588 g/mol. The van der Waals surface area contributed by atoms with Crippen LogP contribution in [0.4, 0.5) is 27.0 Å². The molecule has 1 saturated carbocycles. The number of aromatic nitrogens is 4. The fourth-order valence-corrected chi connectivity index (χ4v) is 7.68. The number of fused-ring (bicyclic) bond motifs is 3. The number of anilines is 3. The van der Waals surface area contributed by atoms with Crippen molar-refractivity contribution < 1.29 is 23.9 Å². The lowest BCUT2D eigenvalue weighted by molar-refractivity contribution is -0.0424. The summed E-state index contributed by atoms with van der Waals surface area (Å²) in [6, 6.07) is 5.67. The van der Waals surface area contributed by atoms with Crippen LogP contribution in [0.15, 0.2) is 30.6 Å². The van der Waals surface area contributed by atoms with Crippen LogP contribution in [0.5, 0.6) is 0 Å². The minimum absolute atomic E-state index is 0.0183. The monoisotopic (exact) mass is 630 g/mol. The Morgan fingerprint density at radius 1 is 1.02 bits per heavy atom. The van der Waals surface area contributed by atoms with Gasteiger partial charge in [-0.25, -0.2) is 19.6 Å². The summed E-state index contributed by atoms with van der Waals surface area (Å²) in [5.41, 5.74) is 0.768. The highest BCUT2D eigenvalue weighted by atomic mass is 16.6. The number of nitrogens with zero attached hydrogens (tertiary/aromatic N) is 7. The maximum atomic E-state index is 13.1. The third kappa shape index (κ3) is 5.49. The van der Waals surface area contributed by atoms with E-state index in [9.17, 15) is 14.4 Å². The molecule has 244 valence electrons. The Kier molecular flexibility index (Phi) is 7.32. The second kappa shape index (κ2) is 11.1. The summed E-state index contributed by atoms with van der Waals surface area (Å²) in [5, 5.41) is 4.00. The number of hydrogen-bond acceptors (Lipinski definition) is 9. The molecule has 3 aromatic heterocycles. The SMILES string of the molecule is CN(C)C(=O)c1cc2cnc(Nc3ccc(N4C[C@@]5(C[C@H]6CC[C@@H](C5)N6C(=O)OC(C)(C)C)OC4=O)cn3)nc2n1C1CCCC1. The summed E-state index contributed by atoms with van der Waals surface area (Å²) in [6.07, 6.45) is 9.87. The Bertz CT molecular complexity index is 1660. The standard InChI is InChI=1S/C33H42N8O5/c1-32(2,3)45-31(44)40-22-10-11-23(40)16-33(15-22)19-39(30(43)46-33)24-12-13-26(34-18-24)36-29-35-17-20-14-25(28(42)38(4)5)41(27(20)37-29)21-8-6-7-9-21/h12-14,17-18,21-23H,6-11,15-16,19H2,1-5H3,(H,34,35,36,37)/t22-,23+,33+. The largest absolute Gasteiger partial charge is 0.444 e. The molecule has 46 heavy (non-hydrogen) atoms. The summed E-state index contributed by atoms with van der Waals surface area (Å²) < 4.78 is 13.8. The summed E-state index contributed by atoms with van der Waals surface area (Å²) in [7, 11) is 3.52. The van der Waals surface area contributed by atoms with Gasteiger partial charge in [-0.1, -0.05) is 12.8 Å². The van der Waals surface area contributed by atoms with Crippen LogP contribution in [0, 0.1) is 0 Å². The summed E-state index contributed by atoms with van der Waals surface area (Å²) in [4.78, 5) is 58.0.